The van der Waals surface area contributed by atoms with Crippen molar-refractivity contribution in [1.82, 2.24) is 5.32 Å². The Morgan fingerprint density at radius 3 is 2.34 bits per heavy atom. The van der Waals surface area contributed by atoms with E-state index in [9.17, 15) is 22.8 Å². The summed E-state index contributed by atoms with van der Waals surface area (Å²) >= 11 is 6.11. The Bertz CT molecular complexity index is 825. The lowest BCUT2D eigenvalue weighted by atomic mass is 9.78. The first-order chi connectivity index (χ1) is 15.0. The summed E-state index contributed by atoms with van der Waals surface area (Å²) in [7, 11) is 0. The van der Waals surface area contributed by atoms with Gasteiger partial charge in [0.2, 0.25) is 6.41 Å². The van der Waals surface area contributed by atoms with Crippen LogP contribution in [0.5, 0.6) is 0 Å². The highest BCUT2D eigenvalue weighted by atomic mass is 35.5. The van der Waals surface area contributed by atoms with Crippen molar-refractivity contribution in [3.05, 3.63) is 39.6 Å². The summed E-state index contributed by atoms with van der Waals surface area (Å²) in [5, 5.41) is 3.27. The number of halogens is 4. The zero-order valence-corrected chi connectivity index (χ0v) is 18.9. The van der Waals surface area contributed by atoms with E-state index < -0.39 is 30.6 Å². The molecule has 0 unspecified atom stereocenters. The Morgan fingerprint density at radius 1 is 1.25 bits per heavy atom. The molecule has 178 valence electrons. The fourth-order valence-electron chi connectivity index (χ4n) is 3.82. The lowest BCUT2D eigenvalue weighted by Crippen LogP contribution is -2.51. The summed E-state index contributed by atoms with van der Waals surface area (Å²) in [5.41, 5.74) is 1.29. The van der Waals surface area contributed by atoms with Gasteiger partial charge >= 0.3 is 12.3 Å². The minimum absolute atomic E-state index is 0.0899. The number of carbonyl (C=O) groups excluding carboxylic acids is 2. The summed E-state index contributed by atoms with van der Waals surface area (Å²) in [6.45, 7) is 4.06. The van der Waals surface area contributed by atoms with E-state index in [1.807, 2.05) is 13.8 Å². The molecule has 32 heavy (non-hydrogen) atoms. The number of amides is 1. The Kier molecular flexibility index (Phi) is 8.98. The van der Waals surface area contributed by atoms with E-state index in [0.29, 0.717) is 11.4 Å². The van der Waals surface area contributed by atoms with Crippen molar-refractivity contribution in [2.75, 3.05) is 13.2 Å². The van der Waals surface area contributed by atoms with Gasteiger partial charge in [-0.15, -0.1) is 0 Å². The van der Waals surface area contributed by atoms with Gasteiger partial charge in [0.25, 0.3) is 0 Å². The first kappa shape index (κ1) is 26.0. The summed E-state index contributed by atoms with van der Waals surface area (Å²) in [6, 6.07) is 3.51. The van der Waals surface area contributed by atoms with Crippen molar-refractivity contribution >= 4 is 30.2 Å². The van der Waals surface area contributed by atoms with E-state index in [1.165, 1.54) is 0 Å². The van der Waals surface area contributed by atoms with Gasteiger partial charge < -0.3 is 19.5 Å². The average Bonchev–Trinajstić information content (AvgIpc) is 2.69. The van der Waals surface area contributed by atoms with Gasteiger partial charge in [-0.1, -0.05) is 11.6 Å². The average molecular weight is 478 g/mol. The molecule has 1 amide bonds. The number of hydrogen-bond acceptors (Lipinski definition) is 5. The van der Waals surface area contributed by atoms with Gasteiger partial charge in [0.1, 0.15) is 12.4 Å². The molecule has 1 aromatic rings. The smallest absolute Gasteiger partial charge is 0.434 e. The van der Waals surface area contributed by atoms with Crippen LogP contribution >= 0.6 is 11.6 Å². The Morgan fingerprint density at radius 2 is 1.84 bits per heavy atom. The highest BCUT2D eigenvalue weighted by Crippen LogP contribution is 2.38. The minimum atomic E-state index is -4.42. The number of nitrogens with one attached hydrogen (secondary N) is 1. The molecule has 0 atom stereocenters. The van der Waals surface area contributed by atoms with Gasteiger partial charge in [-0.2, -0.15) is 13.2 Å². The van der Waals surface area contributed by atoms with Gasteiger partial charge in [0.05, 0.1) is 18.2 Å². The van der Waals surface area contributed by atoms with Crippen LogP contribution in [-0.2, 0) is 19.0 Å². The molecule has 1 N–H and O–H groups in total. The molecular formula is C22H27ClF3NO5. The number of carbonyl (C=O) groups is 2. The first-order valence-electron chi connectivity index (χ1n) is 10.2. The van der Waals surface area contributed by atoms with E-state index in [0.717, 1.165) is 16.7 Å². The molecule has 1 aliphatic rings. The van der Waals surface area contributed by atoms with E-state index in [1.54, 1.807) is 25.1 Å². The van der Waals surface area contributed by atoms with Crippen LogP contribution in [0.25, 0.3) is 6.08 Å². The van der Waals surface area contributed by atoms with Crippen molar-refractivity contribution in [3.8, 4) is 0 Å². The molecule has 1 aliphatic carbocycles. The molecule has 1 aromatic carbocycles. The Labute approximate surface area is 190 Å². The summed E-state index contributed by atoms with van der Waals surface area (Å²) < 4.78 is 52.9. The molecule has 1 fully saturated rings. The first-order valence-corrected chi connectivity index (χ1v) is 10.6. The number of benzene rings is 1. The lowest BCUT2D eigenvalue weighted by molar-refractivity contribution is -0.189. The molecule has 0 saturated heterocycles. The van der Waals surface area contributed by atoms with Crippen molar-refractivity contribution in [3.63, 3.8) is 0 Å². The highest BCUT2D eigenvalue weighted by Gasteiger charge is 2.42. The minimum Gasteiger partial charge on any atom is -0.434 e. The fourth-order valence-corrected chi connectivity index (χ4v) is 4.15. The zero-order valence-electron chi connectivity index (χ0n) is 18.2. The van der Waals surface area contributed by atoms with Crippen molar-refractivity contribution in [2.24, 2.45) is 0 Å². The van der Waals surface area contributed by atoms with Crippen LogP contribution < -0.4 is 5.32 Å². The highest BCUT2D eigenvalue weighted by molar-refractivity contribution is 6.30. The molecule has 0 aromatic heterocycles. The molecule has 0 bridgehead atoms. The second-order valence-corrected chi connectivity index (χ2v) is 8.15. The lowest BCUT2D eigenvalue weighted by Gasteiger charge is -2.40. The van der Waals surface area contributed by atoms with E-state index in [4.69, 9.17) is 25.8 Å². The fraction of sp³-hybridized carbons (Fsp3) is 0.545. The summed E-state index contributed by atoms with van der Waals surface area (Å²) in [4.78, 5) is 23.6. The third kappa shape index (κ3) is 7.13. The van der Waals surface area contributed by atoms with Gasteiger partial charge in [-0.3, -0.25) is 4.79 Å². The normalized spacial score (nSPS) is 21.7. The molecular weight excluding hydrogens is 451 g/mol. The second-order valence-electron chi connectivity index (χ2n) is 7.72. The maximum atomic E-state index is 12.5. The number of alkyl halides is 3. The predicted octanol–water partition coefficient (Wildman–Crippen LogP) is 5.48. The Balaban J connectivity index is 2.39. The van der Waals surface area contributed by atoms with Crippen LogP contribution in [0.4, 0.5) is 18.0 Å². The summed E-state index contributed by atoms with van der Waals surface area (Å²) in [6.07, 6.45) is -2.95. The van der Waals surface area contributed by atoms with Crippen LogP contribution in [0.2, 0.25) is 5.02 Å². The molecule has 0 heterocycles. The van der Waals surface area contributed by atoms with Crippen molar-refractivity contribution in [1.29, 1.82) is 0 Å². The molecule has 10 heteroatoms. The number of rotatable bonds is 8. The second kappa shape index (κ2) is 11.0. The largest absolute Gasteiger partial charge is 0.513 e. The standard InChI is InChI=1S/C22H27ClF3NO5/c1-4-30-20(29)32-19(11-18-14(2)9-16(23)10-15(18)3)21(27-13-28)7-5-17(6-8-21)31-12-22(24,25)26/h9-11,13,17H,4-8,12H2,1-3H3,(H,27,28)/b19-11-/t17-,21+. The maximum Gasteiger partial charge on any atom is 0.513 e. The monoisotopic (exact) mass is 477 g/mol. The molecule has 6 nitrogen and oxygen atoms in total. The van der Waals surface area contributed by atoms with Gasteiger partial charge in [-0.05, 0) is 81.4 Å². The molecule has 0 radical (unpaired) electrons. The number of aryl methyl sites for hydroxylation is 2. The molecule has 0 spiro atoms. The quantitative estimate of drug-likeness (QED) is 0.305. The van der Waals surface area contributed by atoms with Crippen LogP contribution in [0.1, 0.15) is 49.3 Å². The van der Waals surface area contributed by atoms with Crippen molar-refractivity contribution < 1.29 is 37.0 Å². The van der Waals surface area contributed by atoms with Gasteiger partial charge in [0, 0.05) is 5.02 Å². The van der Waals surface area contributed by atoms with E-state index in [2.05, 4.69) is 5.32 Å². The van der Waals surface area contributed by atoms with Crippen LogP contribution in [-0.4, -0.2) is 43.6 Å². The van der Waals surface area contributed by atoms with Crippen LogP contribution in [0, 0.1) is 13.8 Å². The maximum absolute atomic E-state index is 12.5. The van der Waals surface area contributed by atoms with E-state index >= 15 is 0 Å². The van der Waals surface area contributed by atoms with Gasteiger partial charge in [-0.25, -0.2) is 4.79 Å². The van der Waals surface area contributed by atoms with E-state index in [-0.39, 0.29) is 38.0 Å². The number of hydrogen-bond donors (Lipinski definition) is 1. The molecule has 2 rings (SSSR count). The third-order valence-corrected chi connectivity index (χ3v) is 5.58. The zero-order chi connectivity index (χ0) is 23.9. The topological polar surface area (TPSA) is 73.9 Å². The van der Waals surface area contributed by atoms with Crippen LogP contribution in [0.3, 0.4) is 0 Å². The predicted molar refractivity (Wildman–Crippen MR) is 113 cm³/mol. The Hall–Kier alpha value is -2.26. The SMILES string of the molecule is CCOC(=O)O/C(=C\c1c(C)cc(Cl)cc1C)[C@]1(NC=O)CC[C@@H](OCC(F)(F)F)CC1. The molecule has 1 saturated carbocycles. The summed E-state index contributed by atoms with van der Waals surface area (Å²) in [5.74, 6) is 0.144. The van der Waals surface area contributed by atoms with Gasteiger partial charge in [0.15, 0.2) is 0 Å². The van der Waals surface area contributed by atoms with Crippen LogP contribution in [0.15, 0.2) is 17.9 Å². The van der Waals surface area contributed by atoms with Crippen molar-refractivity contribution in [2.45, 2.75) is 64.3 Å². The number of ether oxygens (including phenoxy) is 3. The third-order valence-electron chi connectivity index (χ3n) is 5.37. The molecule has 0 aliphatic heterocycles.